The van der Waals surface area contributed by atoms with Crippen LogP contribution in [0.15, 0.2) is 15.5 Å². The lowest BCUT2D eigenvalue weighted by molar-refractivity contribution is -0.119. The molecule has 0 aliphatic heterocycles. The highest BCUT2D eigenvalue weighted by Gasteiger charge is 2.09. The minimum absolute atomic E-state index is 0.0659. The Bertz CT molecular complexity index is 516. The van der Waals surface area contributed by atoms with E-state index in [-0.39, 0.29) is 35.6 Å². The summed E-state index contributed by atoms with van der Waals surface area (Å²) in [5.74, 6) is 0.236. The van der Waals surface area contributed by atoms with Gasteiger partial charge < -0.3 is 15.7 Å². The van der Waals surface area contributed by atoms with Gasteiger partial charge in [-0.2, -0.15) is 5.10 Å². The maximum Gasteiger partial charge on any atom is 0.283 e. The number of aliphatic hydroxyl groups is 1. The van der Waals surface area contributed by atoms with E-state index in [1.165, 1.54) is 6.20 Å². The van der Waals surface area contributed by atoms with Crippen LogP contribution in [0, 0.1) is 5.92 Å². The molecule has 1 heterocycles. The number of anilines is 1. The Balaban J connectivity index is 2.63. The lowest BCUT2D eigenvalue weighted by atomic mass is 10.2. The Kier molecular flexibility index (Phi) is 6.66. The summed E-state index contributed by atoms with van der Waals surface area (Å²) in [5, 5.41) is 18.3. The summed E-state index contributed by atoms with van der Waals surface area (Å²) in [6, 6.07) is 0. The van der Waals surface area contributed by atoms with Gasteiger partial charge in [0.1, 0.15) is 4.47 Å². The molecule has 1 aromatic rings. The maximum absolute atomic E-state index is 11.8. The largest absolute Gasteiger partial charge is 0.394 e. The Labute approximate surface area is 125 Å². The molecule has 1 aromatic heterocycles. The van der Waals surface area contributed by atoms with Gasteiger partial charge in [-0.1, -0.05) is 13.8 Å². The molecule has 0 aliphatic rings. The van der Waals surface area contributed by atoms with E-state index in [9.17, 15) is 9.59 Å². The molecule has 0 spiro atoms. The number of hydrogen-bond donors (Lipinski definition) is 3. The van der Waals surface area contributed by atoms with Crippen LogP contribution in [-0.2, 0) is 11.3 Å². The first-order chi connectivity index (χ1) is 9.45. The van der Waals surface area contributed by atoms with Crippen LogP contribution in [-0.4, -0.2) is 40.5 Å². The summed E-state index contributed by atoms with van der Waals surface area (Å²) in [4.78, 5) is 23.4. The number of nitrogens with zero attached hydrogens (tertiary/aromatic N) is 2. The zero-order valence-electron chi connectivity index (χ0n) is 11.5. The summed E-state index contributed by atoms with van der Waals surface area (Å²) >= 11 is 3.16. The van der Waals surface area contributed by atoms with Crippen LogP contribution in [0.3, 0.4) is 0 Å². The average molecular weight is 347 g/mol. The van der Waals surface area contributed by atoms with Crippen molar-refractivity contribution in [3.63, 3.8) is 0 Å². The molecule has 0 bridgehead atoms. The number of amides is 1. The number of carbonyl (C=O) groups excluding carboxylic acids is 1. The molecule has 0 atom stereocenters. The Morgan fingerprint density at radius 1 is 1.55 bits per heavy atom. The van der Waals surface area contributed by atoms with Gasteiger partial charge >= 0.3 is 0 Å². The fraction of sp³-hybridized carbons (Fsp3) is 0.583. The van der Waals surface area contributed by atoms with E-state index in [4.69, 9.17) is 5.11 Å². The zero-order chi connectivity index (χ0) is 15.1. The van der Waals surface area contributed by atoms with Crippen molar-refractivity contribution in [1.29, 1.82) is 0 Å². The third-order valence-electron chi connectivity index (χ3n) is 2.44. The van der Waals surface area contributed by atoms with Crippen LogP contribution >= 0.6 is 15.9 Å². The Morgan fingerprint density at radius 2 is 2.25 bits per heavy atom. The van der Waals surface area contributed by atoms with Gasteiger partial charge in [0.15, 0.2) is 0 Å². The SMILES string of the molecule is CC(C)CNC(=O)CNc1cnn(CCO)c(=O)c1Br. The van der Waals surface area contributed by atoms with Crippen LogP contribution in [0.5, 0.6) is 0 Å². The van der Waals surface area contributed by atoms with Crippen molar-refractivity contribution in [2.75, 3.05) is 25.0 Å². The van der Waals surface area contributed by atoms with Gasteiger partial charge in [0, 0.05) is 6.54 Å². The smallest absolute Gasteiger partial charge is 0.283 e. The van der Waals surface area contributed by atoms with Crippen molar-refractivity contribution in [2.45, 2.75) is 20.4 Å². The third kappa shape index (κ3) is 4.93. The molecule has 0 aromatic carbocycles. The molecule has 1 rings (SSSR count). The molecule has 0 saturated carbocycles. The van der Waals surface area contributed by atoms with Gasteiger partial charge in [0.05, 0.1) is 31.6 Å². The van der Waals surface area contributed by atoms with E-state index in [2.05, 4.69) is 31.7 Å². The van der Waals surface area contributed by atoms with Gasteiger partial charge in [-0.25, -0.2) is 4.68 Å². The lowest BCUT2D eigenvalue weighted by Crippen LogP contribution is -2.33. The van der Waals surface area contributed by atoms with Crippen molar-refractivity contribution >= 4 is 27.5 Å². The quantitative estimate of drug-likeness (QED) is 0.654. The lowest BCUT2D eigenvalue weighted by Gasteiger charge is -2.11. The van der Waals surface area contributed by atoms with Crippen molar-refractivity contribution in [3.05, 3.63) is 21.0 Å². The highest BCUT2D eigenvalue weighted by atomic mass is 79.9. The van der Waals surface area contributed by atoms with Crippen molar-refractivity contribution in [3.8, 4) is 0 Å². The molecular weight excluding hydrogens is 328 g/mol. The maximum atomic E-state index is 11.8. The summed E-state index contributed by atoms with van der Waals surface area (Å²) in [7, 11) is 0. The molecule has 0 saturated heterocycles. The van der Waals surface area contributed by atoms with E-state index in [0.717, 1.165) is 4.68 Å². The van der Waals surface area contributed by atoms with E-state index in [1.807, 2.05) is 13.8 Å². The van der Waals surface area contributed by atoms with Crippen molar-refractivity contribution in [2.24, 2.45) is 5.92 Å². The highest BCUT2D eigenvalue weighted by molar-refractivity contribution is 9.10. The molecule has 1 amide bonds. The highest BCUT2D eigenvalue weighted by Crippen LogP contribution is 2.15. The Morgan fingerprint density at radius 3 is 2.85 bits per heavy atom. The van der Waals surface area contributed by atoms with Gasteiger partial charge in [0.2, 0.25) is 5.91 Å². The minimum atomic E-state index is -0.355. The number of aromatic nitrogens is 2. The molecule has 3 N–H and O–H groups in total. The number of rotatable bonds is 7. The standard InChI is InChI=1S/C12H19BrN4O3/c1-8(2)5-15-10(19)7-14-9-6-16-17(3-4-18)12(20)11(9)13/h6,8,14,18H,3-5,7H2,1-2H3,(H,15,19). The van der Waals surface area contributed by atoms with Crippen LogP contribution < -0.4 is 16.2 Å². The average Bonchev–Trinajstić information content (AvgIpc) is 2.41. The van der Waals surface area contributed by atoms with E-state index in [1.54, 1.807) is 0 Å². The van der Waals surface area contributed by atoms with Gasteiger partial charge in [-0.3, -0.25) is 9.59 Å². The van der Waals surface area contributed by atoms with Crippen LogP contribution in [0.4, 0.5) is 5.69 Å². The molecule has 0 aliphatic carbocycles. The minimum Gasteiger partial charge on any atom is -0.394 e. The fourth-order valence-electron chi connectivity index (χ4n) is 1.40. The van der Waals surface area contributed by atoms with Gasteiger partial charge in [-0.15, -0.1) is 0 Å². The van der Waals surface area contributed by atoms with Crippen molar-refractivity contribution in [1.82, 2.24) is 15.1 Å². The first-order valence-electron chi connectivity index (χ1n) is 6.32. The second-order valence-corrected chi connectivity index (χ2v) is 5.47. The predicted octanol–water partition coefficient (Wildman–Crippen LogP) is 0.182. The third-order valence-corrected chi connectivity index (χ3v) is 3.21. The summed E-state index contributed by atoms with van der Waals surface area (Å²) in [6.07, 6.45) is 1.44. The second-order valence-electron chi connectivity index (χ2n) is 4.68. The van der Waals surface area contributed by atoms with E-state index < -0.39 is 0 Å². The first kappa shape index (κ1) is 16.6. The van der Waals surface area contributed by atoms with Crippen LogP contribution in [0.1, 0.15) is 13.8 Å². The summed E-state index contributed by atoms with van der Waals surface area (Å²) in [6.45, 7) is 4.66. The molecule has 0 unspecified atom stereocenters. The van der Waals surface area contributed by atoms with E-state index >= 15 is 0 Å². The summed E-state index contributed by atoms with van der Waals surface area (Å²) in [5.41, 5.74) is 0.0931. The monoisotopic (exact) mass is 346 g/mol. The molecule has 112 valence electrons. The molecule has 8 heteroatoms. The summed E-state index contributed by atoms with van der Waals surface area (Å²) < 4.78 is 1.44. The number of carbonyl (C=O) groups is 1. The molecule has 0 radical (unpaired) electrons. The van der Waals surface area contributed by atoms with Crippen LogP contribution in [0.25, 0.3) is 0 Å². The van der Waals surface area contributed by atoms with E-state index in [0.29, 0.717) is 18.2 Å². The topological polar surface area (TPSA) is 96.2 Å². The predicted molar refractivity (Wildman–Crippen MR) is 79.6 cm³/mol. The molecule has 0 fully saturated rings. The number of hydrogen-bond acceptors (Lipinski definition) is 5. The van der Waals surface area contributed by atoms with Crippen LogP contribution in [0.2, 0.25) is 0 Å². The first-order valence-corrected chi connectivity index (χ1v) is 7.12. The number of nitrogens with one attached hydrogen (secondary N) is 2. The molecule has 7 nitrogen and oxygen atoms in total. The normalized spacial score (nSPS) is 10.7. The van der Waals surface area contributed by atoms with Gasteiger partial charge in [-0.05, 0) is 21.8 Å². The second kappa shape index (κ2) is 8.01. The number of aliphatic hydroxyl groups excluding tert-OH is 1. The number of halogens is 1. The molecule has 20 heavy (non-hydrogen) atoms. The van der Waals surface area contributed by atoms with Crippen molar-refractivity contribution < 1.29 is 9.90 Å². The fourth-order valence-corrected chi connectivity index (χ4v) is 1.85. The van der Waals surface area contributed by atoms with Gasteiger partial charge in [0.25, 0.3) is 5.56 Å². The Hall–Kier alpha value is -1.41. The molecular formula is C12H19BrN4O3. The zero-order valence-corrected chi connectivity index (χ0v) is 13.1.